The van der Waals surface area contributed by atoms with Crippen molar-refractivity contribution in [3.05, 3.63) is 28.2 Å². The van der Waals surface area contributed by atoms with Crippen LogP contribution in [0.1, 0.15) is 23.7 Å². The van der Waals surface area contributed by atoms with Gasteiger partial charge in [0.1, 0.15) is 0 Å². The summed E-state index contributed by atoms with van der Waals surface area (Å²) < 4.78 is 26.7. The maximum absolute atomic E-state index is 12.5. The van der Waals surface area contributed by atoms with Crippen LogP contribution in [-0.2, 0) is 10.0 Å². The van der Waals surface area contributed by atoms with Crippen molar-refractivity contribution in [1.82, 2.24) is 4.31 Å². The number of carboxylic acids is 1. The van der Waals surface area contributed by atoms with Crippen LogP contribution < -0.4 is 0 Å². The first-order valence-electron chi connectivity index (χ1n) is 6.44. The van der Waals surface area contributed by atoms with E-state index in [1.54, 1.807) is 6.92 Å². The molecule has 0 aliphatic carbocycles. The maximum atomic E-state index is 12.5. The molecule has 1 saturated heterocycles. The van der Waals surface area contributed by atoms with E-state index < -0.39 is 22.1 Å². The van der Waals surface area contributed by atoms with Crippen LogP contribution >= 0.6 is 15.9 Å². The molecule has 0 radical (unpaired) electrons. The molecule has 2 N–H and O–H groups in total. The van der Waals surface area contributed by atoms with E-state index >= 15 is 0 Å². The van der Waals surface area contributed by atoms with Crippen molar-refractivity contribution < 1.29 is 23.4 Å². The molecule has 8 heteroatoms. The molecular weight excluding hydrogens is 362 g/mol. The Morgan fingerprint density at radius 1 is 1.48 bits per heavy atom. The quantitative estimate of drug-likeness (QED) is 0.829. The van der Waals surface area contributed by atoms with Gasteiger partial charge in [-0.2, -0.15) is 4.31 Å². The minimum atomic E-state index is -3.74. The lowest BCUT2D eigenvalue weighted by molar-refractivity contribution is 0.0695. The molecule has 2 rings (SSSR count). The van der Waals surface area contributed by atoms with Gasteiger partial charge in [-0.15, -0.1) is 0 Å². The highest BCUT2D eigenvalue weighted by Crippen LogP contribution is 2.28. The van der Waals surface area contributed by atoms with Gasteiger partial charge in [0.25, 0.3) is 0 Å². The van der Waals surface area contributed by atoms with E-state index in [4.69, 9.17) is 5.11 Å². The lowest BCUT2D eigenvalue weighted by Crippen LogP contribution is -2.30. The van der Waals surface area contributed by atoms with Crippen molar-refractivity contribution in [2.45, 2.75) is 24.3 Å². The predicted octanol–water partition coefficient (Wildman–Crippen LogP) is 1.54. The second-order valence-electron chi connectivity index (χ2n) is 5.10. The van der Waals surface area contributed by atoms with Gasteiger partial charge >= 0.3 is 5.97 Å². The molecule has 116 valence electrons. The van der Waals surface area contributed by atoms with Crippen molar-refractivity contribution in [1.29, 1.82) is 0 Å². The minimum Gasteiger partial charge on any atom is -0.478 e. The van der Waals surface area contributed by atoms with Gasteiger partial charge < -0.3 is 10.2 Å². The first-order chi connectivity index (χ1) is 9.73. The number of nitrogens with zero attached hydrogens (tertiary/aromatic N) is 1. The molecule has 1 aliphatic rings. The lowest BCUT2D eigenvalue weighted by Gasteiger charge is -2.18. The zero-order valence-electron chi connectivity index (χ0n) is 11.4. The number of aliphatic hydroxyl groups excluding tert-OH is 1. The fourth-order valence-electron chi connectivity index (χ4n) is 2.34. The third-order valence-electron chi connectivity index (χ3n) is 3.68. The van der Waals surface area contributed by atoms with Crippen molar-refractivity contribution in [3.8, 4) is 0 Å². The standard InChI is InChI=1S/C13H16BrNO5S/c1-8(16)9-4-5-15(7-9)21(19,20)10-2-3-12(14)11(6-10)13(17)18/h2-3,6,8-9,16H,4-5,7H2,1H3,(H,17,18). The van der Waals surface area contributed by atoms with Crippen molar-refractivity contribution >= 4 is 31.9 Å². The van der Waals surface area contributed by atoms with E-state index in [1.807, 2.05) is 0 Å². The Morgan fingerprint density at radius 2 is 2.14 bits per heavy atom. The molecule has 1 aromatic carbocycles. The van der Waals surface area contributed by atoms with Crippen LogP contribution in [0.5, 0.6) is 0 Å². The van der Waals surface area contributed by atoms with Gasteiger partial charge in [0.05, 0.1) is 16.6 Å². The Morgan fingerprint density at radius 3 is 2.67 bits per heavy atom. The van der Waals surface area contributed by atoms with E-state index in [2.05, 4.69) is 15.9 Å². The summed E-state index contributed by atoms with van der Waals surface area (Å²) in [6.45, 7) is 2.22. The van der Waals surface area contributed by atoms with Crippen molar-refractivity contribution in [3.63, 3.8) is 0 Å². The second-order valence-corrected chi connectivity index (χ2v) is 7.89. The zero-order chi connectivity index (χ0) is 15.8. The van der Waals surface area contributed by atoms with Gasteiger partial charge in [-0.05, 0) is 53.4 Å². The van der Waals surface area contributed by atoms with Crippen LogP contribution in [0.15, 0.2) is 27.6 Å². The topological polar surface area (TPSA) is 94.9 Å². The van der Waals surface area contributed by atoms with Crippen LogP contribution in [0.3, 0.4) is 0 Å². The SMILES string of the molecule is CC(O)C1CCN(S(=O)(=O)c2ccc(Br)c(C(=O)O)c2)C1. The summed E-state index contributed by atoms with van der Waals surface area (Å²) in [6.07, 6.45) is 0.0313. The van der Waals surface area contributed by atoms with Gasteiger partial charge in [0, 0.05) is 17.6 Å². The van der Waals surface area contributed by atoms with Crippen LogP contribution in [0.4, 0.5) is 0 Å². The van der Waals surface area contributed by atoms with Crippen LogP contribution in [0.25, 0.3) is 0 Å². The van der Waals surface area contributed by atoms with Gasteiger partial charge in [0.2, 0.25) is 10.0 Å². The van der Waals surface area contributed by atoms with E-state index in [-0.39, 0.29) is 22.9 Å². The summed E-state index contributed by atoms with van der Waals surface area (Å²) in [5.41, 5.74) is -0.0950. The first kappa shape index (κ1) is 16.4. The third-order valence-corrected chi connectivity index (χ3v) is 6.23. The van der Waals surface area contributed by atoms with Crippen LogP contribution in [0, 0.1) is 5.92 Å². The summed E-state index contributed by atoms with van der Waals surface area (Å²) >= 11 is 3.09. The third kappa shape index (κ3) is 3.28. The van der Waals surface area contributed by atoms with Crippen LogP contribution in [-0.4, -0.2) is 48.1 Å². The number of carbonyl (C=O) groups is 1. The van der Waals surface area contributed by atoms with Gasteiger partial charge in [0.15, 0.2) is 0 Å². The highest BCUT2D eigenvalue weighted by Gasteiger charge is 2.34. The predicted molar refractivity (Wildman–Crippen MR) is 79.6 cm³/mol. The van der Waals surface area contributed by atoms with Gasteiger partial charge in [-0.3, -0.25) is 0 Å². The highest BCUT2D eigenvalue weighted by molar-refractivity contribution is 9.10. The molecule has 6 nitrogen and oxygen atoms in total. The monoisotopic (exact) mass is 377 g/mol. The Labute approximate surface area is 131 Å². The Bertz CT molecular complexity index is 659. The summed E-state index contributed by atoms with van der Waals surface area (Å²) in [7, 11) is -3.74. The summed E-state index contributed by atoms with van der Waals surface area (Å²) in [6, 6.07) is 3.94. The maximum Gasteiger partial charge on any atom is 0.336 e. The average molecular weight is 378 g/mol. The molecule has 0 bridgehead atoms. The van der Waals surface area contributed by atoms with Crippen molar-refractivity contribution in [2.24, 2.45) is 5.92 Å². The molecule has 1 aliphatic heterocycles. The molecule has 0 saturated carbocycles. The summed E-state index contributed by atoms with van der Waals surface area (Å²) in [5.74, 6) is -1.28. The summed E-state index contributed by atoms with van der Waals surface area (Å²) in [5, 5.41) is 18.6. The fraction of sp³-hybridized carbons (Fsp3) is 0.462. The van der Waals surface area contributed by atoms with E-state index in [0.29, 0.717) is 17.4 Å². The van der Waals surface area contributed by atoms with Crippen molar-refractivity contribution in [2.75, 3.05) is 13.1 Å². The number of hydrogen-bond acceptors (Lipinski definition) is 4. The summed E-state index contributed by atoms with van der Waals surface area (Å²) in [4.78, 5) is 11.0. The number of aromatic carboxylic acids is 1. The Balaban J connectivity index is 2.33. The smallest absolute Gasteiger partial charge is 0.336 e. The zero-order valence-corrected chi connectivity index (χ0v) is 13.8. The van der Waals surface area contributed by atoms with Crippen LogP contribution in [0.2, 0.25) is 0 Å². The molecule has 1 aromatic rings. The molecule has 2 unspecified atom stereocenters. The number of benzene rings is 1. The normalized spacial score (nSPS) is 21.4. The molecule has 0 amide bonds. The molecule has 1 fully saturated rings. The number of halogens is 1. The lowest BCUT2D eigenvalue weighted by atomic mass is 10.0. The van der Waals surface area contributed by atoms with E-state index in [9.17, 15) is 18.3 Å². The second kappa shape index (κ2) is 6.04. The number of aliphatic hydroxyl groups is 1. The minimum absolute atomic E-state index is 0.0469. The molecule has 21 heavy (non-hydrogen) atoms. The van der Waals surface area contributed by atoms with Gasteiger partial charge in [-0.25, -0.2) is 13.2 Å². The number of sulfonamides is 1. The molecule has 1 heterocycles. The molecule has 0 aromatic heterocycles. The van der Waals surface area contributed by atoms with E-state index in [0.717, 1.165) is 6.07 Å². The largest absolute Gasteiger partial charge is 0.478 e. The van der Waals surface area contributed by atoms with E-state index in [1.165, 1.54) is 16.4 Å². The fourth-order valence-corrected chi connectivity index (χ4v) is 4.30. The number of rotatable bonds is 4. The number of hydrogen-bond donors (Lipinski definition) is 2. The molecule has 2 atom stereocenters. The van der Waals surface area contributed by atoms with Gasteiger partial charge in [-0.1, -0.05) is 0 Å². The first-order valence-corrected chi connectivity index (χ1v) is 8.68. The molecule has 0 spiro atoms. The molecular formula is C13H16BrNO5S. The average Bonchev–Trinajstić information content (AvgIpc) is 2.89. The Kier molecular flexibility index (Phi) is 4.72. The Hall–Kier alpha value is -0.960. The highest BCUT2D eigenvalue weighted by atomic mass is 79.9. The number of carboxylic acid groups (broad SMARTS) is 1.